The van der Waals surface area contributed by atoms with E-state index in [1.807, 2.05) is 12.1 Å². The summed E-state index contributed by atoms with van der Waals surface area (Å²) in [7, 11) is 0. The van der Waals surface area contributed by atoms with Crippen molar-refractivity contribution in [3.63, 3.8) is 0 Å². The SMILES string of the molecule is O=C(Nc1ccc(-c2cnco2)cc1)c1ccco1. The van der Waals surface area contributed by atoms with Crippen LogP contribution in [0, 0.1) is 0 Å². The second-order valence-electron chi connectivity index (χ2n) is 3.87. The first-order valence-corrected chi connectivity index (χ1v) is 5.67. The summed E-state index contributed by atoms with van der Waals surface area (Å²) in [6.07, 6.45) is 4.47. The second kappa shape index (κ2) is 4.81. The van der Waals surface area contributed by atoms with Gasteiger partial charge in [0.25, 0.3) is 5.91 Å². The van der Waals surface area contributed by atoms with Gasteiger partial charge in [-0.3, -0.25) is 4.79 Å². The molecule has 0 fully saturated rings. The largest absolute Gasteiger partial charge is 0.459 e. The van der Waals surface area contributed by atoms with Crippen molar-refractivity contribution in [1.29, 1.82) is 0 Å². The molecule has 3 rings (SSSR count). The minimum atomic E-state index is -0.280. The summed E-state index contributed by atoms with van der Waals surface area (Å²) >= 11 is 0. The zero-order chi connectivity index (χ0) is 13.1. The van der Waals surface area contributed by atoms with Gasteiger partial charge < -0.3 is 14.2 Å². The van der Waals surface area contributed by atoms with Crippen molar-refractivity contribution >= 4 is 11.6 Å². The smallest absolute Gasteiger partial charge is 0.291 e. The lowest BCUT2D eigenvalue weighted by atomic mass is 10.1. The summed E-state index contributed by atoms with van der Waals surface area (Å²) in [4.78, 5) is 15.6. The molecule has 0 spiro atoms. The molecule has 19 heavy (non-hydrogen) atoms. The molecule has 0 saturated heterocycles. The first kappa shape index (κ1) is 11.3. The number of furan rings is 1. The predicted molar refractivity (Wildman–Crippen MR) is 68.6 cm³/mol. The van der Waals surface area contributed by atoms with Crippen LogP contribution < -0.4 is 5.32 Å². The highest BCUT2D eigenvalue weighted by Gasteiger charge is 2.08. The number of carbonyl (C=O) groups is 1. The summed E-state index contributed by atoms with van der Waals surface area (Å²) in [5.74, 6) is 0.681. The van der Waals surface area contributed by atoms with Crippen molar-refractivity contribution in [1.82, 2.24) is 4.98 Å². The van der Waals surface area contributed by atoms with Crippen LogP contribution in [0.4, 0.5) is 5.69 Å². The highest BCUT2D eigenvalue weighted by molar-refractivity contribution is 6.02. The standard InChI is InChI=1S/C14H10N2O3/c17-14(12-2-1-7-18-12)16-11-5-3-10(4-6-11)13-8-15-9-19-13/h1-9H,(H,16,17). The van der Waals surface area contributed by atoms with E-state index in [0.29, 0.717) is 11.4 Å². The molecule has 3 aromatic rings. The Morgan fingerprint density at radius 2 is 1.95 bits per heavy atom. The molecular formula is C14H10N2O3. The molecule has 0 unspecified atom stereocenters. The fraction of sp³-hybridized carbons (Fsp3) is 0. The monoisotopic (exact) mass is 254 g/mol. The third-order valence-electron chi connectivity index (χ3n) is 2.60. The fourth-order valence-corrected chi connectivity index (χ4v) is 1.68. The number of rotatable bonds is 3. The summed E-state index contributed by atoms with van der Waals surface area (Å²) in [5, 5.41) is 2.74. The Bertz CT molecular complexity index is 655. The average Bonchev–Trinajstić information content (AvgIpc) is 3.13. The number of nitrogens with zero attached hydrogens (tertiary/aromatic N) is 1. The molecule has 5 heteroatoms. The van der Waals surface area contributed by atoms with Crippen molar-refractivity contribution in [3.05, 3.63) is 61.0 Å². The first-order chi connectivity index (χ1) is 9.33. The van der Waals surface area contributed by atoms with Crippen molar-refractivity contribution < 1.29 is 13.6 Å². The first-order valence-electron chi connectivity index (χ1n) is 5.67. The Morgan fingerprint density at radius 3 is 2.58 bits per heavy atom. The van der Waals surface area contributed by atoms with E-state index in [9.17, 15) is 4.79 Å². The van der Waals surface area contributed by atoms with Crippen LogP contribution in [-0.4, -0.2) is 10.9 Å². The zero-order valence-electron chi connectivity index (χ0n) is 9.87. The van der Waals surface area contributed by atoms with Crippen LogP contribution in [0.15, 0.2) is 64.1 Å². The molecule has 1 aromatic carbocycles. The molecule has 0 aliphatic heterocycles. The summed E-state index contributed by atoms with van der Waals surface area (Å²) < 4.78 is 10.2. The topological polar surface area (TPSA) is 68.3 Å². The summed E-state index contributed by atoms with van der Waals surface area (Å²) in [6.45, 7) is 0. The number of aromatic nitrogens is 1. The molecule has 0 radical (unpaired) electrons. The number of oxazole rings is 1. The molecule has 1 amide bonds. The van der Waals surface area contributed by atoms with E-state index in [1.165, 1.54) is 12.7 Å². The lowest BCUT2D eigenvalue weighted by molar-refractivity contribution is 0.0996. The maximum atomic E-state index is 11.8. The third kappa shape index (κ3) is 2.40. The van der Waals surface area contributed by atoms with Crippen LogP contribution >= 0.6 is 0 Å². The van der Waals surface area contributed by atoms with Gasteiger partial charge in [-0.2, -0.15) is 0 Å². The number of hydrogen-bond donors (Lipinski definition) is 1. The van der Waals surface area contributed by atoms with Crippen LogP contribution in [0.25, 0.3) is 11.3 Å². The highest BCUT2D eigenvalue weighted by Crippen LogP contribution is 2.21. The number of benzene rings is 1. The fourth-order valence-electron chi connectivity index (χ4n) is 1.68. The number of carbonyl (C=O) groups excluding carboxylic acids is 1. The normalized spacial score (nSPS) is 10.3. The highest BCUT2D eigenvalue weighted by atomic mass is 16.3. The second-order valence-corrected chi connectivity index (χ2v) is 3.87. The molecule has 1 N–H and O–H groups in total. The molecule has 0 aliphatic carbocycles. The van der Waals surface area contributed by atoms with Crippen LogP contribution in [0.1, 0.15) is 10.6 Å². The molecule has 0 aliphatic rings. The molecule has 94 valence electrons. The molecule has 0 atom stereocenters. The van der Waals surface area contributed by atoms with Crippen LogP contribution in [0.5, 0.6) is 0 Å². The van der Waals surface area contributed by atoms with Crippen LogP contribution in [0.3, 0.4) is 0 Å². The van der Waals surface area contributed by atoms with Gasteiger partial charge >= 0.3 is 0 Å². The van der Waals surface area contributed by atoms with Crippen LogP contribution in [-0.2, 0) is 0 Å². The van der Waals surface area contributed by atoms with Gasteiger partial charge in [-0.1, -0.05) is 0 Å². The molecule has 0 bridgehead atoms. The number of anilines is 1. The molecule has 2 aromatic heterocycles. The molecule has 5 nitrogen and oxygen atoms in total. The lowest BCUT2D eigenvalue weighted by Gasteiger charge is -2.03. The predicted octanol–water partition coefficient (Wildman–Crippen LogP) is 3.19. The summed E-state index contributed by atoms with van der Waals surface area (Å²) in [6, 6.07) is 10.5. The van der Waals surface area contributed by atoms with E-state index in [2.05, 4.69) is 10.3 Å². The molecule has 2 heterocycles. The quantitative estimate of drug-likeness (QED) is 0.779. The Labute approximate surface area is 108 Å². The van der Waals surface area contributed by atoms with Crippen LogP contribution in [0.2, 0.25) is 0 Å². The Hall–Kier alpha value is -2.82. The molecule has 0 saturated carbocycles. The van der Waals surface area contributed by atoms with Gasteiger partial charge in [0.2, 0.25) is 0 Å². The van der Waals surface area contributed by atoms with Crippen molar-refractivity contribution in [2.24, 2.45) is 0 Å². The number of nitrogens with one attached hydrogen (secondary N) is 1. The minimum absolute atomic E-state index is 0.277. The number of hydrogen-bond acceptors (Lipinski definition) is 4. The third-order valence-corrected chi connectivity index (χ3v) is 2.60. The van der Waals surface area contributed by atoms with Gasteiger partial charge in [-0.15, -0.1) is 0 Å². The lowest BCUT2D eigenvalue weighted by Crippen LogP contribution is -2.10. The van der Waals surface area contributed by atoms with Gasteiger partial charge in [0.15, 0.2) is 17.9 Å². The minimum Gasteiger partial charge on any atom is -0.459 e. The molecular weight excluding hydrogens is 244 g/mol. The van der Waals surface area contributed by atoms with Crippen molar-refractivity contribution in [2.75, 3.05) is 5.32 Å². The van der Waals surface area contributed by atoms with Gasteiger partial charge in [0, 0.05) is 11.3 Å². The van der Waals surface area contributed by atoms with Gasteiger partial charge in [0.1, 0.15) is 0 Å². The van der Waals surface area contributed by atoms with Gasteiger partial charge in [0.05, 0.1) is 12.5 Å². The van der Waals surface area contributed by atoms with Gasteiger partial charge in [-0.25, -0.2) is 4.98 Å². The van der Waals surface area contributed by atoms with E-state index in [1.54, 1.807) is 30.5 Å². The summed E-state index contributed by atoms with van der Waals surface area (Å²) in [5.41, 5.74) is 1.58. The number of amides is 1. The van der Waals surface area contributed by atoms with E-state index in [0.717, 1.165) is 5.56 Å². The maximum absolute atomic E-state index is 11.8. The average molecular weight is 254 g/mol. The van der Waals surface area contributed by atoms with Crippen molar-refractivity contribution in [2.45, 2.75) is 0 Å². The Balaban J connectivity index is 1.75. The Kier molecular flexibility index (Phi) is 2.86. The van der Waals surface area contributed by atoms with Crippen molar-refractivity contribution in [3.8, 4) is 11.3 Å². The van der Waals surface area contributed by atoms with E-state index >= 15 is 0 Å². The Morgan fingerprint density at radius 1 is 1.11 bits per heavy atom. The van der Waals surface area contributed by atoms with Gasteiger partial charge in [-0.05, 0) is 36.4 Å². The van der Waals surface area contributed by atoms with E-state index < -0.39 is 0 Å². The van der Waals surface area contributed by atoms with E-state index in [-0.39, 0.29) is 11.7 Å². The van der Waals surface area contributed by atoms with E-state index in [4.69, 9.17) is 8.83 Å². The zero-order valence-corrected chi connectivity index (χ0v) is 9.87. The maximum Gasteiger partial charge on any atom is 0.291 e.